The molecule has 0 saturated heterocycles. The highest BCUT2D eigenvalue weighted by Crippen LogP contribution is 2.23. The summed E-state index contributed by atoms with van der Waals surface area (Å²) in [5.41, 5.74) is 0.275. The van der Waals surface area contributed by atoms with Gasteiger partial charge in [-0.05, 0) is 46.0 Å². The maximum Gasteiger partial charge on any atom is 0.336 e. The summed E-state index contributed by atoms with van der Waals surface area (Å²) in [6, 6.07) is 4.81. The Labute approximate surface area is 118 Å². The van der Waals surface area contributed by atoms with Gasteiger partial charge in [-0.2, -0.15) is 0 Å². The van der Waals surface area contributed by atoms with Gasteiger partial charge in [0, 0.05) is 15.1 Å². The molecule has 0 heterocycles. The minimum atomic E-state index is -1.15. The lowest BCUT2D eigenvalue weighted by Gasteiger charge is -2.17. The third-order valence-corrected chi connectivity index (χ3v) is 4.51. The largest absolute Gasteiger partial charge is 0.478 e. The molecule has 0 aromatic heterocycles. The Hall–Kier alpha value is -0.680. The van der Waals surface area contributed by atoms with Crippen LogP contribution in [0, 0.1) is 5.41 Å². The highest BCUT2D eigenvalue weighted by molar-refractivity contribution is 9.10. The van der Waals surface area contributed by atoms with Crippen LogP contribution in [0.1, 0.15) is 37.6 Å². The summed E-state index contributed by atoms with van der Waals surface area (Å²) in [6.45, 7) is 6.28. The number of hydrogen-bond acceptors (Lipinski definition) is 2. The van der Waals surface area contributed by atoms with Gasteiger partial charge in [-0.3, -0.25) is 4.21 Å². The Morgan fingerprint density at radius 2 is 2.00 bits per heavy atom. The molecule has 0 bridgehead atoms. The van der Waals surface area contributed by atoms with Crippen molar-refractivity contribution in [1.29, 1.82) is 0 Å². The van der Waals surface area contributed by atoms with Gasteiger partial charge in [0.2, 0.25) is 0 Å². The Morgan fingerprint density at radius 3 is 2.50 bits per heavy atom. The quantitative estimate of drug-likeness (QED) is 0.914. The lowest BCUT2D eigenvalue weighted by Crippen LogP contribution is -2.11. The van der Waals surface area contributed by atoms with E-state index in [9.17, 15) is 9.00 Å². The molecule has 0 aliphatic rings. The topological polar surface area (TPSA) is 54.4 Å². The zero-order valence-electron chi connectivity index (χ0n) is 10.7. The molecule has 0 amide bonds. The zero-order chi connectivity index (χ0) is 13.9. The first-order valence-electron chi connectivity index (χ1n) is 5.62. The molecule has 1 aromatic rings. The average Bonchev–Trinajstić information content (AvgIpc) is 2.25. The highest BCUT2D eigenvalue weighted by atomic mass is 79.9. The van der Waals surface area contributed by atoms with Crippen molar-refractivity contribution in [2.24, 2.45) is 5.41 Å². The van der Waals surface area contributed by atoms with Crippen LogP contribution in [-0.4, -0.2) is 21.0 Å². The molecule has 5 heteroatoms. The lowest BCUT2D eigenvalue weighted by atomic mass is 9.94. The normalized spacial score (nSPS) is 13.3. The van der Waals surface area contributed by atoms with Gasteiger partial charge in [-0.25, -0.2) is 4.79 Å². The van der Waals surface area contributed by atoms with Crippen molar-refractivity contribution in [3.63, 3.8) is 0 Å². The Morgan fingerprint density at radius 1 is 1.39 bits per heavy atom. The van der Waals surface area contributed by atoms with Crippen LogP contribution in [0.25, 0.3) is 0 Å². The molecule has 1 aromatic carbocycles. The molecule has 0 radical (unpaired) electrons. The van der Waals surface area contributed by atoms with Crippen LogP contribution in [0.4, 0.5) is 0 Å². The number of hydrogen-bond donors (Lipinski definition) is 1. The van der Waals surface area contributed by atoms with E-state index < -0.39 is 16.8 Å². The van der Waals surface area contributed by atoms with Gasteiger partial charge in [0.1, 0.15) is 0 Å². The predicted octanol–water partition coefficient (Wildman–Crippen LogP) is 3.69. The number of benzene rings is 1. The fraction of sp³-hybridized carbons (Fsp3) is 0.462. The van der Waals surface area contributed by atoms with Gasteiger partial charge in [0.15, 0.2) is 0 Å². The monoisotopic (exact) mass is 332 g/mol. The smallest absolute Gasteiger partial charge is 0.336 e. The van der Waals surface area contributed by atoms with Gasteiger partial charge in [-0.15, -0.1) is 0 Å². The van der Waals surface area contributed by atoms with Gasteiger partial charge < -0.3 is 5.11 Å². The molecule has 1 atom stereocenters. The van der Waals surface area contributed by atoms with E-state index in [0.29, 0.717) is 15.1 Å². The molecule has 1 rings (SSSR count). The van der Waals surface area contributed by atoms with Crippen LogP contribution >= 0.6 is 15.9 Å². The summed E-state index contributed by atoms with van der Waals surface area (Å²) < 4.78 is 12.6. The van der Waals surface area contributed by atoms with Crippen LogP contribution < -0.4 is 0 Å². The van der Waals surface area contributed by atoms with Crippen molar-refractivity contribution >= 4 is 32.7 Å². The Balaban J connectivity index is 2.87. The van der Waals surface area contributed by atoms with Crippen LogP contribution in [0.15, 0.2) is 27.6 Å². The minimum absolute atomic E-state index is 0.126. The molecule has 1 N–H and O–H groups in total. The van der Waals surface area contributed by atoms with Gasteiger partial charge in [0.05, 0.1) is 16.4 Å². The molecular weight excluding hydrogens is 316 g/mol. The van der Waals surface area contributed by atoms with E-state index in [2.05, 4.69) is 36.7 Å². The Bertz CT molecular complexity index is 478. The van der Waals surface area contributed by atoms with Crippen molar-refractivity contribution < 1.29 is 14.1 Å². The summed E-state index contributed by atoms with van der Waals surface area (Å²) in [7, 11) is -1.15. The molecular formula is C13H17BrO3S. The van der Waals surface area contributed by atoms with Gasteiger partial charge in [0.25, 0.3) is 0 Å². The molecule has 0 aliphatic carbocycles. The van der Waals surface area contributed by atoms with Gasteiger partial charge in [-0.1, -0.05) is 20.8 Å². The van der Waals surface area contributed by atoms with E-state index >= 15 is 0 Å². The highest BCUT2D eigenvalue weighted by Gasteiger charge is 2.15. The first kappa shape index (κ1) is 15.4. The maximum absolute atomic E-state index is 12.1. The van der Waals surface area contributed by atoms with Crippen molar-refractivity contribution in [1.82, 2.24) is 0 Å². The summed E-state index contributed by atoms with van der Waals surface area (Å²) in [4.78, 5) is 11.6. The first-order chi connectivity index (χ1) is 8.20. The van der Waals surface area contributed by atoms with Crippen molar-refractivity contribution in [2.75, 3.05) is 5.75 Å². The number of carboxylic acids is 1. The molecule has 0 fully saturated rings. The molecule has 1 unspecified atom stereocenters. The van der Waals surface area contributed by atoms with Crippen molar-refractivity contribution in [3.05, 3.63) is 28.2 Å². The van der Waals surface area contributed by atoms with E-state index in [0.717, 1.165) is 6.42 Å². The van der Waals surface area contributed by atoms with E-state index in [1.165, 1.54) is 6.07 Å². The zero-order valence-corrected chi connectivity index (χ0v) is 13.1. The third kappa shape index (κ3) is 4.53. The summed E-state index contributed by atoms with van der Waals surface area (Å²) in [5, 5.41) is 9.00. The van der Waals surface area contributed by atoms with Crippen molar-refractivity contribution in [3.8, 4) is 0 Å². The second-order valence-electron chi connectivity index (χ2n) is 5.31. The van der Waals surface area contributed by atoms with E-state index in [-0.39, 0.29) is 11.0 Å². The summed E-state index contributed by atoms with van der Waals surface area (Å²) in [5.74, 6) is -0.471. The number of halogens is 1. The molecule has 0 spiro atoms. The van der Waals surface area contributed by atoms with Crippen LogP contribution in [0.3, 0.4) is 0 Å². The Kier molecular flexibility index (Phi) is 5.10. The maximum atomic E-state index is 12.1. The van der Waals surface area contributed by atoms with E-state index in [4.69, 9.17) is 5.11 Å². The molecule has 18 heavy (non-hydrogen) atoms. The standard InChI is InChI=1S/C13H17BrO3S/c1-13(2,3)6-7-18(17)9-4-5-11(14)10(8-9)12(15)16/h4-5,8H,6-7H2,1-3H3,(H,15,16). The second-order valence-corrected chi connectivity index (χ2v) is 7.73. The van der Waals surface area contributed by atoms with Crippen molar-refractivity contribution in [2.45, 2.75) is 32.1 Å². The molecule has 100 valence electrons. The van der Waals surface area contributed by atoms with Crippen LogP contribution in [0.2, 0.25) is 0 Å². The number of aromatic carboxylic acids is 1. The fourth-order valence-electron chi connectivity index (χ4n) is 1.33. The lowest BCUT2D eigenvalue weighted by molar-refractivity contribution is 0.0695. The molecule has 0 saturated carbocycles. The third-order valence-electron chi connectivity index (χ3n) is 2.47. The van der Waals surface area contributed by atoms with E-state index in [1.807, 2.05) is 0 Å². The first-order valence-corrected chi connectivity index (χ1v) is 7.73. The number of carboxylic acid groups (broad SMARTS) is 1. The summed E-state index contributed by atoms with van der Waals surface area (Å²) in [6.07, 6.45) is 0.831. The molecule has 3 nitrogen and oxygen atoms in total. The minimum Gasteiger partial charge on any atom is -0.478 e. The number of carbonyl (C=O) groups is 1. The van der Waals surface area contributed by atoms with Crippen LogP contribution in [-0.2, 0) is 10.8 Å². The molecule has 0 aliphatic heterocycles. The predicted molar refractivity (Wildman–Crippen MR) is 76.4 cm³/mol. The number of rotatable bonds is 4. The second kappa shape index (κ2) is 5.97. The average molecular weight is 333 g/mol. The summed E-state index contributed by atoms with van der Waals surface area (Å²) >= 11 is 3.17. The van der Waals surface area contributed by atoms with E-state index in [1.54, 1.807) is 12.1 Å². The SMILES string of the molecule is CC(C)(C)CCS(=O)c1ccc(Br)c(C(=O)O)c1. The van der Waals surface area contributed by atoms with Gasteiger partial charge >= 0.3 is 5.97 Å². The van der Waals surface area contributed by atoms with Crippen LogP contribution in [0.5, 0.6) is 0 Å². The fourth-order valence-corrected chi connectivity index (χ4v) is 3.25.